The fraction of sp³-hybridized carbons (Fsp3) is 0.154. The van der Waals surface area contributed by atoms with Gasteiger partial charge in [0, 0.05) is 5.69 Å². The van der Waals surface area contributed by atoms with E-state index >= 15 is 0 Å². The van der Waals surface area contributed by atoms with E-state index < -0.39 is 6.36 Å². The monoisotopic (exact) mass is 282 g/mol. The number of ether oxygens (including phenoxy) is 1. The molecule has 0 radical (unpaired) electrons. The van der Waals surface area contributed by atoms with Crippen LogP contribution in [0.25, 0.3) is 0 Å². The van der Waals surface area contributed by atoms with E-state index in [9.17, 15) is 13.2 Å². The van der Waals surface area contributed by atoms with E-state index in [-0.39, 0.29) is 11.5 Å². The largest absolute Gasteiger partial charge is 0.573 e. The normalized spacial score (nSPS) is 10.9. The van der Waals surface area contributed by atoms with E-state index in [0.29, 0.717) is 18.0 Å². The van der Waals surface area contributed by atoms with Crippen LogP contribution in [0.15, 0.2) is 40.8 Å². The Morgan fingerprint density at radius 1 is 1.15 bits per heavy atom. The number of nitrogens with zero attached hydrogens (tertiary/aromatic N) is 1. The number of benzene rings is 1. The first-order valence-corrected chi connectivity index (χ1v) is 5.55. The van der Waals surface area contributed by atoms with Crippen LogP contribution in [0.1, 0.15) is 11.5 Å². The third-order valence-electron chi connectivity index (χ3n) is 2.33. The fourth-order valence-corrected chi connectivity index (χ4v) is 1.50. The van der Waals surface area contributed by atoms with E-state index in [0.717, 1.165) is 0 Å². The van der Waals surface area contributed by atoms with E-state index in [4.69, 9.17) is 9.68 Å². The van der Waals surface area contributed by atoms with Crippen LogP contribution in [-0.2, 0) is 6.54 Å². The first-order chi connectivity index (χ1) is 9.46. The zero-order valence-electron chi connectivity index (χ0n) is 10.1. The van der Waals surface area contributed by atoms with Crippen LogP contribution >= 0.6 is 0 Å². The van der Waals surface area contributed by atoms with E-state index in [1.807, 2.05) is 6.07 Å². The van der Waals surface area contributed by atoms with Gasteiger partial charge in [0.1, 0.15) is 17.6 Å². The van der Waals surface area contributed by atoms with Gasteiger partial charge in [0.05, 0.1) is 6.54 Å². The fourth-order valence-electron chi connectivity index (χ4n) is 1.50. The minimum Gasteiger partial charge on any atom is -0.449 e. The molecule has 0 unspecified atom stereocenters. The molecular formula is C13H9F3N2O2. The Kier molecular flexibility index (Phi) is 3.84. The number of halogens is 3. The van der Waals surface area contributed by atoms with Crippen molar-refractivity contribution in [3.8, 4) is 11.8 Å². The average Bonchev–Trinajstić information content (AvgIpc) is 2.84. The van der Waals surface area contributed by atoms with E-state index in [1.165, 1.54) is 30.3 Å². The van der Waals surface area contributed by atoms with Crippen LogP contribution in [0.4, 0.5) is 18.9 Å². The second kappa shape index (κ2) is 5.57. The van der Waals surface area contributed by atoms with Crippen LogP contribution in [0, 0.1) is 11.3 Å². The molecule has 7 heteroatoms. The minimum atomic E-state index is -4.70. The van der Waals surface area contributed by atoms with Crippen LogP contribution in [0.2, 0.25) is 0 Å². The second-order valence-electron chi connectivity index (χ2n) is 3.80. The highest BCUT2D eigenvalue weighted by molar-refractivity contribution is 5.46. The van der Waals surface area contributed by atoms with Gasteiger partial charge in [-0.3, -0.25) is 0 Å². The van der Waals surface area contributed by atoms with Crippen molar-refractivity contribution in [1.82, 2.24) is 0 Å². The van der Waals surface area contributed by atoms with Crippen molar-refractivity contribution in [3.63, 3.8) is 0 Å². The summed E-state index contributed by atoms with van der Waals surface area (Å²) >= 11 is 0. The summed E-state index contributed by atoms with van der Waals surface area (Å²) < 4.78 is 44.8. The molecule has 1 N–H and O–H groups in total. The smallest absolute Gasteiger partial charge is 0.449 e. The number of alkyl halides is 3. The molecule has 1 aromatic carbocycles. The van der Waals surface area contributed by atoms with Crippen molar-refractivity contribution in [1.29, 1.82) is 5.26 Å². The summed E-state index contributed by atoms with van der Waals surface area (Å²) in [6.07, 6.45) is -4.70. The number of nitriles is 1. The molecule has 0 aliphatic carbocycles. The standard InChI is InChI=1S/C13H9F3N2O2/c14-13(15,16)20-10-3-1-9(2-4-10)18-8-12-6-5-11(7-17)19-12/h1-6,18H,8H2. The highest BCUT2D eigenvalue weighted by atomic mass is 19.4. The van der Waals surface area contributed by atoms with Crippen molar-refractivity contribution in [2.45, 2.75) is 12.9 Å². The molecule has 0 aliphatic heterocycles. The lowest BCUT2D eigenvalue weighted by Crippen LogP contribution is -2.17. The SMILES string of the molecule is N#Cc1ccc(CNc2ccc(OC(F)(F)F)cc2)o1. The predicted molar refractivity (Wildman–Crippen MR) is 63.9 cm³/mol. The third kappa shape index (κ3) is 3.95. The number of anilines is 1. The van der Waals surface area contributed by atoms with Crippen molar-refractivity contribution in [3.05, 3.63) is 47.9 Å². The van der Waals surface area contributed by atoms with Gasteiger partial charge in [0.15, 0.2) is 0 Å². The Hall–Kier alpha value is -2.62. The minimum absolute atomic E-state index is 0.204. The molecule has 0 bridgehead atoms. The quantitative estimate of drug-likeness (QED) is 0.929. The number of hydrogen-bond acceptors (Lipinski definition) is 4. The zero-order valence-corrected chi connectivity index (χ0v) is 10.1. The topological polar surface area (TPSA) is 58.2 Å². The van der Waals surface area contributed by atoms with Crippen LogP contribution < -0.4 is 10.1 Å². The van der Waals surface area contributed by atoms with Crippen LogP contribution in [-0.4, -0.2) is 6.36 Å². The Morgan fingerprint density at radius 2 is 1.85 bits per heavy atom. The molecule has 0 saturated carbocycles. The zero-order chi connectivity index (χ0) is 14.6. The van der Waals surface area contributed by atoms with Gasteiger partial charge in [-0.25, -0.2) is 0 Å². The summed E-state index contributed by atoms with van der Waals surface area (Å²) in [6.45, 7) is 0.321. The molecule has 0 aliphatic rings. The Labute approximate surface area is 112 Å². The van der Waals surface area contributed by atoms with Gasteiger partial charge in [-0.15, -0.1) is 13.2 Å². The highest BCUT2D eigenvalue weighted by Gasteiger charge is 2.30. The molecule has 4 nitrogen and oxygen atoms in total. The van der Waals surface area contributed by atoms with Crippen molar-refractivity contribution in [2.24, 2.45) is 0 Å². The predicted octanol–water partition coefficient (Wildman–Crippen LogP) is 3.66. The van der Waals surface area contributed by atoms with E-state index in [2.05, 4.69) is 10.1 Å². The molecule has 2 aromatic rings. The maximum atomic E-state index is 12.0. The summed E-state index contributed by atoms with van der Waals surface area (Å²) in [5.74, 6) is 0.473. The molecule has 20 heavy (non-hydrogen) atoms. The molecule has 1 heterocycles. The lowest BCUT2D eigenvalue weighted by Gasteiger charge is -2.09. The van der Waals surface area contributed by atoms with Gasteiger partial charge >= 0.3 is 6.36 Å². The summed E-state index contributed by atoms with van der Waals surface area (Å²) in [5, 5.41) is 11.5. The van der Waals surface area contributed by atoms with Crippen molar-refractivity contribution >= 4 is 5.69 Å². The molecule has 104 valence electrons. The summed E-state index contributed by atoms with van der Waals surface area (Å²) in [4.78, 5) is 0. The maximum Gasteiger partial charge on any atom is 0.573 e. The average molecular weight is 282 g/mol. The molecule has 0 spiro atoms. The molecule has 0 fully saturated rings. The first-order valence-electron chi connectivity index (χ1n) is 5.55. The second-order valence-corrected chi connectivity index (χ2v) is 3.80. The van der Waals surface area contributed by atoms with Crippen molar-refractivity contribution in [2.75, 3.05) is 5.32 Å². The number of furan rings is 1. The Morgan fingerprint density at radius 3 is 2.40 bits per heavy atom. The number of hydrogen-bond donors (Lipinski definition) is 1. The number of nitrogens with one attached hydrogen (secondary N) is 1. The number of rotatable bonds is 4. The maximum absolute atomic E-state index is 12.0. The lowest BCUT2D eigenvalue weighted by atomic mass is 10.3. The third-order valence-corrected chi connectivity index (χ3v) is 2.33. The molecule has 2 rings (SSSR count). The summed E-state index contributed by atoms with van der Waals surface area (Å²) in [6, 6.07) is 10.4. The summed E-state index contributed by atoms with van der Waals surface area (Å²) in [7, 11) is 0. The Balaban J connectivity index is 1.92. The van der Waals surface area contributed by atoms with Gasteiger partial charge in [0.25, 0.3) is 0 Å². The van der Waals surface area contributed by atoms with Crippen LogP contribution in [0.3, 0.4) is 0 Å². The van der Waals surface area contributed by atoms with E-state index in [1.54, 1.807) is 6.07 Å². The first kappa shape index (κ1) is 13.8. The van der Waals surface area contributed by atoms with Crippen molar-refractivity contribution < 1.29 is 22.3 Å². The molecule has 0 atom stereocenters. The van der Waals surface area contributed by atoms with Gasteiger partial charge in [0.2, 0.25) is 5.76 Å². The molecule has 0 saturated heterocycles. The van der Waals surface area contributed by atoms with Gasteiger partial charge < -0.3 is 14.5 Å². The lowest BCUT2D eigenvalue weighted by molar-refractivity contribution is -0.274. The molecular weight excluding hydrogens is 273 g/mol. The van der Waals surface area contributed by atoms with Crippen LogP contribution in [0.5, 0.6) is 5.75 Å². The van der Waals surface area contributed by atoms with Gasteiger partial charge in [-0.2, -0.15) is 5.26 Å². The van der Waals surface area contributed by atoms with Gasteiger partial charge in [-0.05, 0) is 36.4 Å². The molecule has 1 aromatic heterocycles. The summed E-state index contributed by atoms with van der Waals surface area (Å²) in [5.41, 5.74) is 0.606. The highest BCUT2D eigenvalue weighted by Crippen LogP contribution is 2.24. The Bertz CT molecular complexity index is 612. The van der Waals surface area contributed by atoms with Gasteiger partial charge in [-0.1, -0.05) is 0 Å². The molecule has 0 amide bonds.